The largest absolute Gasteiger partial charge is 0.491 e. The molecular weight excluding hydrogens is 275 g/mol. The van der Waals surface area contributed by atoms with Crippen molar-refractivity contribution in [1.82, 2.24) is 0 Å². The lowest BCUT2D eigenvalue weighted by Crippen LogP contribution is -2.41. The van der Waals surface area contributed by atoms with Crippen LogP contribution in [0.15, 0.2) is 23.7 Å². The maximum absolute atomic E-state index is 8.94. The average Bonchev–Trinajstić information content (AvgIpc) is 2.65. The molecule has 0 saturated carbocycles. The van der Waals surface area contributed by atoms with Crippen molar-refractivity contribution in [2.45, 2.75) is 45.8 Å². The fourth-order valence-corrected chi connectivity index (χ4v) is 2.32. The van der Waals surface area contributed by atoms with Crippen molar-refractivity contribution >= 4 is 13.2 Å². The highest BCUT2D eigenvalue weighted by molar-refractivity contribution is 6.55. The molecule has 2 N–H and O–H groups in total. The smallest absolute Gasteiger partial charge is 0.400 e. The molecule has 1 saturated heterocycles. The van der Waals surface area contributed by atoms with Crippen LogP contribution in [-0.4, -0.2) is 24.9 Å². The topological polar surface area (TPSA) is 68.3 Å². The number of nitrogens with zero attached hydrogens (tertiary/aromatic N) is 1. The first-order valence-electron chi connectivity index (χ1n) is 7.47. The molecule has 1 aliphatic rings. The van der Waals surface area contributed by atoms with Crippen molar-refractivity contribution in [3.05, 3.63) is 40.4 Å². The van der Waals surface area contributed by atoms with Gasteiger partial charge in [0.2, 0.25) is 0 Å². The van der Waals surface area contributed by atoms with Crippen molar-refractivity contribution in [2.75, 3.05) is 6.54 Å². The molecule has 0 aromatic heterocycles. The van der Waals surface area contributed by atoms with E-state index >= 15 is 0 Å². The van der Waals surface area contributed by atoms with Gasteiger partial charge >= 0.3 is 7.12 Å². The van der Waals surface area contributed by atoms with Gasteiger partial charge in [0.15, 0.2) is 0 Å². The summed E-state index contributed by atoms with van der Waals surface area (Å²) in [5, 5.41) is 8.94. The number of benzene rings is 1. The molecule has 0 unspecified atom stereocenters. The second-order valence-corrected chi connectivity index (χ2v) is 6.69. The lowest BCUT2D eigenvalue weighted by molar-refractivity contribution is 0.00578. The fraction of sp³-hybridized carbons (Fsp3) is 0.471. The first kappa shape index (κ1) is 16.8. The minimum absolute atomic E-state index is 0.357. The van der Waals surface area contributed by atoms with Crippen LogP contribution in [0.25, 0.3) is 6.08 Å². The third-order valence-electron chi connectivity index (χ3n) is 4.53. The van der Waals surface area contributed by atoms with Crippen LogP contribution < -0.4 is 5.73 Å². The Balaban J connectivity index is 2.32. The Bertz CT molecular complexity index is 629. The first-order chi connectivity index (χ1) is 10.2. The van der Waals surface area contributed by atoms with Gasteiger partial charge in [-0.1, -0.05) is 12.1 Å². The molecule has 0 aliphatic carbocycles. The minimum Gasteiger partial charge on any atom is -0.400 e. The van der Waals surface area contributed by atoms with Gasteiger partial charge in [-0.3, -0.25) is 0 Å². The van der Waals surface area contributed by atoms with Crippen LogP contribution >= 0.6 is 0 Å². The molecular formula is C17H23BN2O2. The molecule has 0 radical (unpaired) electrons. The molecule has 116 valence electrons. The second kappa shape index (κ2) is 5.88. The van der Waals surface area contributed by atoms with Gasteiger partial charge in [0.05, 0.1) is 22.8 Å². The van der Waals surface area contributed by atoms with Gasteiger partial charge in [0.1, 0.15) is 0 Å². The quantitative estimate of drug-likeness (QED) is 0.871. The van der Waals surface area contributed by atoms with Crippen molar-refractivity contribution in [2.24, 2.45) is 5.73 Å². The summed E-state index contributed by atoms with van der Waals surface area (Å²) in [5.74, 6) is 0. The number of rotatable bonds is 3. The Kier molecular flexibility index (Phi) is 4.48. The van der Waals surface area contributed by atoms with E-state index < -0.39 is 7.12 Å². The van der Waals surface area contributed by atoms with Crippen molar-refractivity contribution < 1.29 is 9.31 Å². The standard InChI is InChI=1S/C17H23BN2O2/c1-12-8-13(10-19)6-7-14(12)9-15(11-20)18-21-16(2,3)17(4,5)22-18/h6-9H,11,20H2,1-5H3. The Morgan fingerprint density at radius 3 is 2.32 bits per heavy atom. The van der Waals surface area contributed by atoms with Crippen molar-refractivity contribution in [1.29, 1.82) is 5.26 Å². The van der Waals surface area contributed by atoms with Crippen LogP contribution in [0.5, 0.6) is 0 Å². The molecule has 1 heterocycles. The van der Waals surface area contributed by atoms with Gasteiger partial charge < -0.3 is 15.0 Å². The van der Waals surface area contributed by atoms with E-state index in [-0.39, 0.29) is 11.2 Å². The zero-order chi connectivity index (χ0) is 16.5. The highest BCUT2D eigenvalue weighted by Gasteiger charge is 2.52. The molecule has 0 atom stereocenters. The second-order valence-electron chi connectivity index (χ2n) is 6.69. The molecule has 1 fully saturated rings. The third-order valence-corrected chi connectivity index (χ3v) is 4.53. The minimum atomic E-state index is -0.440. The summed E-state index contributed by atoms with van der Waals surface area (Å²) in [6.07, 6.45) is 2.00. The molecule has 0 amide bonds. The number of hydrogen-bond donors (Lipinski definition) is 1. The highest BCUT2D eigenvalue weighted by atomic mass is 16.7. The average molecular weight is 298 g/mol. The molecule has 2 rings (SSSR count). The lowest BCUT2D eigenvalue weighted by Gasteiger charge is -2.32. The van der Waals surface area contributed by atoms with E-state index in [4.69, 9.17) is 20.3 Å². The molecule has 0 bridgehead atoms. The summed E-state index contributed by atoms with van der Waals surface area (Å²) in [6.45, 7) is 10.4. The normalized spacial score (nSPS) is 20.0. The van der Waals surface area contributed by atoms with Crippen molar-refractivity contribution in [3.63, 3.8) is 0 Å². The zero-order valence-electron chi connectivity index (χ0n) is 13.9. The number of aryl methyl sites for hydroxylation is 1. The van der Waals surface area contributed by atoms with Crippen LogP contribution in [0, 0.1) is 18.3 Å². The summed E-state index contributed by atoms with van der Waals surface area (Å²) in [7, 11) is -0.440. The molecule has 5 heteroatoms. The third kappa shape index (κ3) is 3.10. The van der Waals surface area contributed by atoms with Gasteiger partial charge in [0.25, 0.3) is 0 Å². The van der Waals surface area contributed by atoms with Crippen LogP contribution in [0.3, 0.4) is 0 Å². The first-order valence-corrected chi connectivity index (χ1v) is 7.47. The zero-order valence-corrected chi connectivity index (χ0v) is 13.9. The molecule has 4 nitrogen and oxygen atoms in total. The van der Waals surface area contributed by atoms with Crippen LogP contribution in [-0.2, 0) is 9.31 Å². The van der Waals surface area contributed by atoms with E-state index in [0.29, 0.717) is 12.1 Å². The van der Waals surface area contributed by atoms with Crippen molar-refractivity contribution in [3.8, 4) is 6.07 Å². The van der Waals surface area contributed by atoms with Crippen LogP contribution in [0.2, 0.25) is 0 Å². The molecule has 0 spiro atoms. The van der Waals surface area contributed by atoms with E-state index in [1.165, 1.54) is 0 Å². The van der Waals surface area contributed by atoms with E-state index in [0.717, 1.165) is 16.6 Å². The van der Waals surface area contributed by atoms with Gasteiger partial charge in [-0.25, -0.2) is 0 Å². The predicted octanol–water partition coefficient (Wildman–Crippen LogP) is 2.84. The van der Waals surface area contributed by atoms with Gasteiger partial charge in [-0.15, -0.1) is 0 Å². The van der Waals surface area contributed by atoms with E-state index in [9.17, 15) is 0 Å². The molecule has 22 heavy (non-hydrogen) atoms. The molecule has 1 aromatic rings. The predicted molar refractivity (Wildman–Crippen MR) is 89.0 cm³/mol. The fourth-order valence-electron chi connectivity index (χ4n) is 2.32. The van der Waals surface area contributed by atoms with E-state index in [2.05, 4.69) is 6.07 Å². The Hall–Kier alpha value is -1.61. The number of nitrogens with two attached hydrogens (primary N) is 1. The maximum atomic E-state index is 8.94. The SMILES string of the molecule is Cc1cc(C#N)ccc1C=C(CN)B1OC(C)(C)C(C)(C)O1. The van der Waals surface area contributed by atoms with E-state index in [1.54, 1.807) is 6.07 Å². The molecule has 1 aromatic carbocycles. The van der Waals surface area contributed by atoms with E-state index in [1.807, 2.05) is 52.8 Å². The summed E-state index contributed by atoms with van der Waals surface area (Å²) in [6, 6.07) is 7.74. The molecule has 1 aliphatic heterocycles. The Morgan fingerprint density at radius 2 is 1.86 bits per heavy atom. The van der Waals surface area contributed by atoms with Gasteiger partial charge in [-0.05, 0) is 63.4 Å². The van der Waals surface area contributed by atoms with Crippen LogP contribution in [0.1, 0.15) is 44.4 Å². The summed E-state index contributed by atoms with van der Waals surface area (Å²) >= 11 is 0. The summed E-state index contributed by atoms with van der Waals surface area (Å²) in [5.41, 5.74) is 8.74. The monoisotopic (exact) mass is 298 g/mol. The Morgan fingerprint density at radius 1 is 1.27 bits per heavy atom. The van der Waals surface area contributed by atoms with Crippen LogP contribution in [0.4, 0.5) is 0 Å². The summed E-state index contributed by atoms with van der Waals surface area (Å²) in [4.78, 5) is 0. The Labute approximate surface area is 133 Å². The summed E-state index contributed by atoms with van der Waals surface area (Å²) < 4.78 is 12.1. The van der Waals surface area contributed by atoms with Gasteiger partial charge in [-0.2, -0.15) is 5.26 Å². The maximum Gasteiger partial charge on any atom is 0.491 e. The lowest BCUT2D eigenvalue weighted by atomic mass is 9.77. The highest BCUT2D eigenvalue weighted by Crippen LogP contribution is 2.38. The number of hydrogen-bond acceptors (Lipinski definition) is 4. The van der Waals surface area contributed by atoms with Gasteiger partial charge in [0, 0.05) is 6.54 Å². The number of nitriles is 1.